The average Bonchev–Trinajstić information content (AvgIpc) is 2.94. The van der Waals surface area contributed by atoms with Crippen LogP contribution >= 0.6 is 11.8 Å². The Morgan fingerprint density at radius 3 is 2.26 bits per heavy atom. The quantitative estimate of drug-likeness (QED) is 0.206. The number of methoxy groups -OCH3 is 4. The van der Waals surface area contributed by atoms with Crippen molar-refractivity contribution in [1.29, 1.82) is 0 Å². The van der Waals surface area contributed by atoms with Gasteiger partial charge in [-0.15, -0.1) is 0 Å². The number of thioether (sulfide) groups is 1. The highest BCUT2D eigenvalue weighted by atomic mass is 32.2. The van der Waals surface area contributed by atoms with Crippen LogP contribution in [-0.4, -0.2) is 56.1 Å². The minimum Gasteiger partial charge on any atom is -0.505 e. The lowest BCUT2D eigenvalue weighted by molar-refractivity contribution is 0.0526. The van der Waals surface area contributed by atoms with E-state index < -0.39 is 5.97 Å². The summed E-state index contributed by atoms with van der Waals surface area (Å²) in [5, 5.41) is 11.3. The molecule has 0 atom stereocenters. The fraction of sp³-hybridized carbons (Fsp3) is 0.250. The number of pyridine rings is 2. The molecule has 1 N–H and O–H groups in total. The van der Waals surface area contributed by atoms with Crippen molar-refractivity contribution in [1.82, 2.24) is 9.97 Å². The molecule has 198 valence electrons. The molecule has 0 aliphatic heterocycles. The van der Waals surface area contributed by atoms with Crippen LogP contribution in [0.15, 0.2) is 53.7 Å². The van der Waals surface area contributed by atoms with Crippen molar-refractivity contribution in [2.75, 3.05) is 35.0 Å². The third-order valence-corrected chi connectivity index (χ3v) is 6.82. The Morgan fingerprint density at radius 1 is 0.921 bits per heavy atom. The highest BCUT2D eigenvalue weighted by molar-refractivity contribution is 7.98. The number of benzene rings is 2. The molecule has 2 heterocycles. The zero-order valence-corrected chi connectivity index (χ0v) is 22.5. The lowest BCUT2D eigenvalue weighted by Gasteiger charge is -2.19. The summed E-state index contributed by atoms with van der Waals surface area (Å²) >= 11 is 1.26. The molecule has 38 heavy (non-hydrogen) atoms. The molecular weight excluding hydrogens is 508 g/mol. The number of fused-ring (bicyclic) bond motifs is 1. The summed E-state index contributed by atoms with van der Waals surface area (Å²) in [6.07, 6.45) is 1.59. The summed E-state index contributed by atoms with van der Waals surface area (Å²) in [5.41, 5.74) is 2.62. The molecule has 9 nitrogen and oxygen atoms in total. The second-order valence-corrected chi connectivity index (χ2v) is 8.90. The predicted molar refractivity (Wildman–Crippen MR) is 145 cm³/mol. The van der Waals surface area contributed by atoms with E-state index >= 15 is 0 Å². The zero-order chi connectivity index (χ0) is 27.2. The molecule has 0 aliphatic rings. The number of aromatic nitrogens is 2. The summed E-state index contributed by atoms with van der Waals surface area (Å²) in [7, 11) is 6.20. The number of rotatable bonds is 10. The zero-order valence-electron chi connectivity index (χ0n) is 21.7. The van der Waals surface area contributed by atoms with Crippen LogP contribution in [0.5, 0.6) is 28.7 Å². The highest BCUT2D eigenvalue weighted by Crippen LogP contribution is 2.43. The largest absolute Gasteiger partial charge is 0.505 e. The lowest BCUT2D eigenvalue weighted by Crippen LogP contribution is -2.12. The van der Waals surface area contributed by atoms with E-state index in [1.807, 2.05) is 6.07 Å². The van der Waals surface area contributed by atoms with Gasteiger partial charge in [0, 0.05) is 29.0 Å². The summed E-state index contributed by atoms with van der Waals surface area (Å²) in [6.45, 7) is 1.93. The van der Waals surface area contributed by atoms with Crippen LogP contribution in [0.2, 0.25) is 0 Å². The van der Waals surface area contributed by atoms with Crippen LogP contribution in [-0.2, 0) is 10.5 Å². The Kier molecular flexibility index (Phi) is 8.42. The van der Waals surface area contributed by atoms with Gasteiger partial charge in [0.2, 0.25) is 0 Å². The van der Waals surface area contributed by atoms with E-state index in [0.29, 0.717) is 61.3 Å². The van der Waals surface area contributed by atoms with Gasteiger partial charge in [0.25, 0.3) is 0 Å². The first-order valence-corrected chi connectivity index (χ1v) is 12.7. The molecule has 0 spiro atoms. The summed E-state index contributed by atoms with van der Waals surface area (Å²) in [4.78, 5) is 22.6. The van der Waals surface area contributed by atoms with E-state index in [-0.39, 0.29) is 18.1 Å². The van der Waals surface area contributed by atoms with Crippen LogP contribution < -0.4 is 18.9 Å². The Labute approximate surface area is 224 Å². The van der Waals surface area contributed by atoms with Gasteiger partial charge in [0.05, 0.1) is 51.8 Å². The number of ether oxygens (including phenoxy) is 5. The second-order valence-electron chi connectivity index (χ2n) is 7.94. The van der Waals surface area contributed by atoms with E-state index in [2.05, 4.69) is 4.98 Å². The van der Waals surface area contributed by atoms with Crippen molar-refractivity contribution in [3.8, 4) is 39.9 Å². The van der Waals surface area contributed by atoms with Gasteiger partial charge in [-0.3, -0.25) is 4.98 Å². The predicted octanol–water partition coefficient (Wildman–Crippen LogP) is 5.51. The molecule has 0 aliphatic carbocycles. The summed E-state index contributed by atoms with van der Waals surface area (Å²) in [5.74, 6) is 1.79. The van der Waals surface area contributed by atoms with E-state index in [9.17, 15) is 9.90 Å². The number of esters is 1. The van der Waals surface area contributed by atoms with E-state index in [4.69, 9.17) is 28.7 Å². The van der Waals surface area contributed by atoms with E-state index in [1.54, 1.807) is 78.0 Å². The Hall–Kier alpha value is -4.18. The molecule has 0 fully saturated rings. The topological polar surface area (TPSA) is 109 Å². The minimum atomic E-state index is -0.526. The van der Waals surface area contributed by atoms with Crippen molar-refractivity contribution in [2.45, 2.75) is 17.7 Å². The smallest absolute Gasteiger partial charge is 0.340 e. The Bertz CT molecular complexity index is 1480. The maximum atomic E-state index is 13.5. The molecular formula is C28H28N2O7S. The monoisotopic (exact) mass is 536 g/mol. The van der Waals surface area contributed by atoms with Gasteiger partial charge in [0.1, 0.15) is 10.8 Å². The molecule has 0 radical (unpaired) electrons. The van der Waals surface area contributed by atoms with Gasteiger partial charge in [-0.2, -0.15) is 0 Å². The van der Waals surface area contributed by atoms with Crippen LogP contribution in [0.25, 0.3) is 22.0 Å². The van der Waals surface area contributed by atoms with Gasteiger partial charge in [-0.1, -0.05) is 17.8 Å². The fourth-order valence-corrected chi connectivity index (χ4v) is 4.92. The van der Waals surface area contributed by atoms with Gasteiger partial charge in [-0.25, -0.2) is 9.78 Å². The van der Waals surface area contributed by atoms with Crippen molar-refractivity contribution in [2.24, 2.45) is 0 Å². The van der Waals surface area contributed by atoms with Crippen LogP contribution in [0, 0.1) is 0 Å². The van der Waals surface area contributed by atoms with Crippen molar-refractivity contribution >= 4 is 28.6 Å². The highest BCUT2D eigenvalue weighted by Gasteiger charge is 2.26. The van der Waals surface area contributed by atoms with Gasteiger partial charge < -0.3 is 28.8 Å². The molecule has 0 bridgehead atoms. The maximum absolute atomic E-state index is 13.5. The first-order valence-electron chi connectivity index (χ1n) is 11.7. The van der Waals surface area contributed by atoms with Crippen molar-refractivity contribution in [3.05, 3.63) is 59.9 Å². The SMILES string of the molecule is CCOC(=O)c1c(CSc2ncccc2O)nc2cc(OC)c(OC)cc2c1-c1ccc(OC)c(OC)c1. The molecule has 2 aromatic heterocycles. The maximum Gasteiger partial charge on any atom is 0.340 e. The number of hydrogen-bond acceptors (Lipinski definition) is 10. The van der Waals surface area contributed by atoms with E-state index in [0.717, 1.165) is 0 Å². The standard InChI is InChI=1S/C28H28N2O7S/c1-6-37-28(32)26-19(15-38-27-20(31)8-7-11-29-27)30-18-14-24(36-5)23(35-4)13-17(18)25(26)16-9-10-21(33-2)22(12-16)34-3/h7-14,31H,6,15H2,1-5H3. The molecule has 10 heteroatoms. The normalized spacial score (nSPS) is 10.8. The minimum absolute atomic E-state index is 0.0440. The second kappa shape index (κ2) is 11.9. The van der Waals surface area contributed by atoms with Crippen molar-refractivity contribution in [3.63, 3.8) is 0 Å². The number of aromatic hydroxyl groups is 1. The van der Waals surface area contributed by atoms with Crippen molar-refractivity contribution < 1.29 is 33.6 Å². The molecule has 0 unspecified atom stereocenters. The third kappa shape index (κ3) is 5.26. The summed E-state index contributed by atoms with van der Waals surface area (Å²) in [6, 6.07) is 12.2. The van der Waals surface area contributed by atoms with Gasteiger partial charge in [-0.05, 0) is 42.8 Å². The van der Waals surface area contributed by atoms with E-state index in [1.165, 1.54) is 11.8 Å². The number of carbonyl (C=O) groups excluding carboxylic acids is 1. The first-order chi connectivity index (χ1) is 18.4. The Balaban J connectivity index is 2.04. The van der Waals surface area contributed by atoms with Gasteiger partial charge in [0.15, 0.2) is 23.0 Å². The number of hydrogen-bond donors (Lipinski definition) is 1. The lowest BCUT2D eigenvalue weighted by atomic mass is 9.93. The molecule has 4 rings (SSSR count). The molecule has 0 saturated heterocycles. The first kappa shape index (κ1) is 26.9. The number of carbonyl (C=O) groups is 1. The molecule has 0 saturated carbocycles. The fourth-order valence-electron chi connectivity index (χ4n) is 4.09. The van der Waals surface area contributed by atoms with Gasteiger partial charge >= 0.3 is 5.97 Å². The Morgan fingerprint density at radius 2 is 1.61 bits per heavy atom. The molecule has 4 aromatic rings. The average molecular weight is 537 g/mol. The molecule has 0 amide bonds. The van der Waals surface area contributed by atoms with Crippen LogP contribution in [0.1, 0.15) is 23.0 Å². The van der Waals surface area contributed by atoms with Crippen LogP contribution in [0.3, 0.4) is 0 Å². The third-order valence-electron chi connectivity index (χ3n) is 5.81. The molecule has 2 aromatic carbocycles. The number of nitrogens with zero attached hydrogens (tertiary/aromatic N) is 2. The summed E-state index contributed by atoms with van der Waals surface area (Å²) < 4.78 is 27.5. The van der Waals surface area contributed by atoms with Crippen LogP contribution in [0.4, 0.5) is 0 Å².